The first-order valence-electron chi connectivity index (χ1n) is 7.17. The van der Waals surface area contributed by atoms with Gasteiger partial charge in [-0.25, -0.2) is 4.39 Å². The molecule has 2 rings (SSSR count). The third-order valence-electron chi connectivity index (χ3n) is 3.06. The molecule has 0 fully saturated rings. The number of rotatable bonds is 6. The van der Waals surface area contributed by atoms with Crippen LogP contribution in [0, 0.1) is 5.82 Å². The third-order valence-corrected chi connectivity index (χ3v) is 3.28. The summed E-state index contributed by atoms with van der Waals surface area (Å²) in [6.45, 7) is 2.35. The standard InChI is InChI=1S/C17H19FN2O2S/c1-12(11-22-14-9-7-13(21-2)8-10-14)19-17(23)20-16-6-4-3-5-15(16)18/h3-10,12H,11H2,1-2H3,(H2,19,20,23). The number of halogens is 1. The summed E-state index contributed by atoms with van der Waals surface area (Å²) < 4.78 is 24.3. The summed E-state index contributed by atoms with van der Waals surface area (Å²) in [6.07, 6.45) is 0. The van der Waals surface area contributed by atoms with Crippen molar-refractivity contribution in [2.45, 2.75) is 13.0 Å². The fourth-order valence-electron chi connectivity index (χ4n) is 1.88. The largest absolute Gasteiger partial charge is 0.497 e. The number of ether oxygens (including phenoxy) is 2. The number of hydrogen-bond donors (Lipinski definition) is 2. The molecule has 1 atom stereocenters. The minimum Gasteiger partial charge on any atom is -0.497 e. The summed E-state index contributed by atoms with van der Waals surface area (Å²) in [5, 5.41) is 6.23. The second kappa shape index (κ2) is 8.33. The minimum absolute atomic E-state index is 0.0381. The van der Waals surface area contributed by atoms with Crippen LogP contribution in [0.15, 0.2) is 48.5 Å². The molecule has 23 heavy (non-hydrogen) atoms. The molecule has 0 spiro atoms. The number of para-hydroxylation sites is 1. The van der Waals surface area contributed by atoms with Crippen molar-refractivity contribution < 1.29 is 13.9 Å². The summed E-state index contributed by atoms with van der Waals surface area (Å²) in [7, 11) is 1.62. The van der Waals surface area contributed by atoms with Crippen LogP contribution in [0.5, 0.6) is 11.5 Å². The van der Waals surface area contributed by atoms with Gasteiger partial charge in [0.15, 0.2) is 5.11 Å². The van der Waals surface area contributed by atoms with Crippen molar-refractivity contribution >= 4 is 23.0 Å². The Morgan fingerprint density at radius 3 is 2.43 bits per heavy atom. The molecule has 0 bridgehead atoms. The minimum atomic E-state index is -0.348. The maximum Gasteiger partial charge on any atom is 0.171 e. The van der Waals surface area contributed by atoms with Gasteiger partial charge in [0.1, 0.15) is 23.9 Å². The molecule has 4 nitrogen and oxygen atoms in total. The second-order valence-electron chi connectivity index (χ2n) is 4.97. The zero-order valence-corrected chi connectivity index (χ0v) is 13.8. The van der Waals surface area contributed by atoms with E-state index in [4.69, 9.17) is 21.7 Å². The summed E-state index contributed by atoms with van der Waals surface area (Å²) in [6, 6.07) is 13.7. The van der Waals surface area contributed by atoms with Gasteiger partial charge in [0.05, 0.1) is 18.8 Å². The predicted molar refractivity (Wildman–Crippen MR) is 93.7 cm³/mol. The molecule has 0 radical (unpaired) electrons. The number of anilines is 1. The summed E-state index contributed by atoms with van der Waals surface area (Å²) in [4.78, 5) is 0. The number of benzene rings is 2. The molecule has 6 heteroatoms. The molecule has 0 aliphatic carbocycles. The van der Waals surface area contributed by atoms with Crippen molar-refractivity contribution in [1.82, 2.24) is 5.32 Å². The maximum absolute atomic E-state index is 13.5. The number of methoxy groups -OCH3 is 1. The fraction of sp³-hybridized carbons (Fsp3) is 0.235. The van der Waals surface area contributed by atoms with E-state index in [2.05, 4.69) is 10.6 Å². The molecule has 2 aromatic carbocycles. The zero-order valence-electron chi connectivity index (χ0n) is 13.0. The van der Waals surface area contributed by atoms with Crippen molar-refractivity contribution in [1.29, 1.82) is 0 Å². The van der Waals surface area contributed by atoms with E-state index in [1.165, 1.54) is 6.07 Å². The Labute approximate surface area is 140 Å². The van der Waals surface area contributed by atoms with E-state index in [1.54, 1.807) is 25.3 Å². The molecule has 122 valence electrons. The lowest BCUT2D eigenvalue weighted by molar-refractivity contribution is 0.286. The lowest BCUT2D eigenvalue weighted by atomic mass is 10.3. The van der Waals surface area contributed by atoms with Crippen molar-refractivity contribution in [2.75, 3.05) is 19.0 Å². The Kier molecular flexibility index (Phi) is 6.17. The van der Waals surface area contributed by atoms with Gasteiger partial charge in [-0.2, -0.15) is 0 Å². The van der Waals surface area contributed by atoms with Gasteiger partial charge < -0.3 is 20.1 Å². The van der Waals surface area contributed by atoms with Crippen LogP contribution in [0.1, 0.15) is 6.92 Å². The van der Waals surface area contributed by atoms with Gasteiger partial charge in [-0.15, -0.1) is 0 Å². The maximum atomic E-state index is 13.5. The highest BCUT2D eigenvalue weighted by Gasteiger charge is 2.07. The first-order chi connectivity index (χ1) is 11.1. The molecule has 0 saturated heterocycles. The van der Waals surface area contributed by atoms with Crippen molar-refractivity contribution in [3.05, 3.63) is 54.3 Å². The first-order valence-corrected chi connectivity index (χ1v) is 7.58. The smallest absolute Gasteiger partial charge is 0.171 e. The average Bonchev–Trinajstić information content (AvgIpc) is 2.55. The van der Waals surface area contributed by atoms with E-state index in [0.29, 0.717) is 17.4 Å². The van der Waals surface area contributed by atoms with Crippen LogP contribution >= 0.6 is 12.2 Å². The fourth-order valence-corrected chi connectivity index (χ4v) is 2.19. The molecule has 0 aliphatic heterocycles. The van der Waals surface area contributed by atoms with Gasteiger partial charge in [0, 0.05) is 0 Å². The van der Waals surface area contributed by atoms with Crippen LogP contribution in [0.3, 0.4) is 0 Å². The topological polar surface area (TPSA) is 42.5 Å². The quantitative estimate of drug-likeness (QED) is 0.790. The van der Waals surface area contributed by atoms with E-state index >= 15 is 0 Å². The Bertz CT molecular complexity index is 649. The molecule has 0 saturated carbocycles. The molecule has 0 aromatic heterocycles. The van der Waals surface area contributed by atoms with E-state index in [1.807, 2.05) is 31.2 Å². The SMILES string of the molecule is COc1ccc(OCC(C)NC(=S)Nc2ccccc2F)cc1. The predicted octanol–water partition coefficient (Wildman–Crippen LogP) is 3.59. The van der Waals surface area contributed by atoms with Crippen molar-refractivity contribution in [3.63, 3.8) is 0 Å². The molecular formula is C17H19FN2O2S. The summed E-state index contributed by atoms with van der Waals surface area (Å²) in [5.74, 6) is 1.17. The third kappa shape index (κ3) is 5.41. The molecular weight excluding hydrogens is 315 g/mol. The molecule has 0 aliphatic rings. The zero-order chi connectivity index (χ0) is 16.7. The van der Waals surface area contributed by atoms with Crippen LogP contribution < -0.4 is 20.1 Å². The summed E-state index contributed by atoms with van der Waals surface area (Å²) >= 11 is 5.17. The van der Waals surface area contributed by atoms with Gasteiger partial charge in [0.25, 0.3) is 0 Å². The number of nitrogens with one attached hydrogen (secondary N) is 2. The van der Waals surface area contributed by atoms with Gasteiger partial charge >= 0.3 is 0 Å². The Morgan fingerprint density at radius 1 is 1.13 bits per heavy atom. The van der Waals surface area contributed by atoms with Crippen LogP contribution in [-0.4, -0.2) is 24.9 Å². The average molecular weight is 334 g/mol. The highest BCUT2D eigenvalue weighted by atomic mass is 32.1. The molecule has 0 heterocycles. The Morgan fingerprint density at radius 2 is 1.78 bits per heavy atom. The number of hydrogen-bond acceptors (Lipinski definition) is 3. The Hall–Kier alpha value is -2.34. The summed E-state index contributed by atoms with van der Waals surface area (Å²) in [5.41, 5.74) is 0.341. The van der Waals surface area contributed by atoms with Gasteiger partial charge in [0.2, 0.25) is 0 Å². The molecule has 1 unspecified atom stereocenters. The molecule has 0 amide bonds. The lowest BCUT2D eigenvalue weighted by Crippen LogP contribution is -2.39. The lowest BCUT2D eigenvalue weighted by Gasteiger charge is -2.18. The normalized spacial score (nSPS) is 11.4. The second-order valence-corrected chi connectivity index (χ2v) is 5.37. The highest BCUT2D eigenvalue weighted by molar-refractivity contribution is 7.80. The van der Waals surface area contributed by atoms with Crippen LogP contribution in [0.2, 0.25) is 0 Å². The van der Waals surface area contributed by atoms with Crippen LogP contribution in [0.25, 0.3) is 0 Å². The Balaban J connectivity index is 1.78. The first kappa shape index (κ1) is 17.0. The van der Waals surface area contributed by atoms with E-state index in [9.17, 15) is 4.39 Å². The molecule has 2 aromatic rings. The van der Waals surface area contributed by atoms with E-state index in [-0.39, 0.29) is 11.9 Å². The van der Waals surface area contributed by atoms with Crippen molar-refractivity contribution in [2.24, 2.45) is 0 Å². The van der Waals surface area contributed by atoms with Crippen LogP contribution in [0.4, 0.5) is 10.1 Å². The molecule has 2 N–H and O–H groups in total. The highest BCUT2D eigenvalue weighted by Crippen LogP contribution is 2.17. The van der Waals surface area contributed by atoms with Crippen LogP contribution in [-0.2, 0) is 0 Å². The van der Waals surface area contributed by atoms with E-state index < -0.39 is 0 Å². The van der Waals surface area contributed by atoms with Gasteiger partial charge in [-0.1, -0.05) is 12.1 Å². The van der Waals surface area contributed by atoms with Crippen molar-refractivity contribution in [3.8, 4) is 11.5 Å². The van der Waals surface area contributed by atoms with E-state index in [0.717, 1.165) is 11.5 Å². The van der Waals surface area contributed by atoms with Gasteiger partial charge in [-0.3, -0.25) is 0 Å². The monoisotopic (exact) mass is 334 g/mol. The number of thiocarbonyl (C=S) groups is 1. The van der Waals surface area contributed by atoms with Gasteiger partial charge in [-0.05, 0) is 55.5 Å².